The van der Waals surface area contributed by atoms with E-state index in [0.29, 0.717) is 11.4 Å². The first-order chi connectivity index (χ1) is 6.25. The van der Waals surface area contributed by atoms with Crippen LogP contribution in [0.4, 0.5) is 0 Å². The number of thioether (sulfide) groups is 1. The Labute approximate surface area is 87.1 Å². The molecule has 1 aliphatic rings. The molecule has 1 fully saturated rings. The van der Waals surface area contributed by atoms with E-state index in [1.807, 2.05) is 11.8 Å². The molecule has 0 saturated carbocycles. The van der Waals surface area contributed by atoms with E-state index >= 15 is 0 Å². The van der Waals surface area contributed by atoms with Gasteiger partial charge in [-0.2, -0.15) is 0 Å². The maximum atomic E-state index is 4.50. The molecule has 0 spiro atoms. The van der Waals surface area contributed by atoms with Crippen molar-refractivity contribution in [1.29, 1.82) is 0 Å². The highest BCUT2D eigenvalue weighted by molar-refractivity contribution is 7.99. The molecule has 1 aromatic heterocycles. The summed E-state index contributed by atoms with van der Waals surface area (Å²) in [4.78, 5) is 4.50. The van der Waals surface area contributed by atoms with E-state index in [1.165, 1.54) is 17.2 Å². The normalized spacial score (nSPS) is 29.1. The highest BCUT2D eigenvalue weighted by Gasteiger charge is 2.21. The Hall–Kier alpha value is -0.0600. The zero-order valence-corrected chi connectivity index (χ0v) is 9.54. The van der Waals surface area contributed by atoms with Crippen molar-refractivity contribution >= 4 is 23.1 Å². The van der Waals surface area contributed by atoms with Crippen LogP contribution in [0.3, 0.4) is 0 Å². The zero-order chi connectivity index (χ0) is 9.26. The number of nitrogens with one attached hydrogen (secondary N) is 1. The Balaban J connectivity index is 2.08. The van der Waals surface area contributed by atoms with E-state index in [0.717, 1.165) is 5.69 Å². The van der Waals surface area contributed by atoms with Crippen molar-refractivity contribution in [2.24, 2.45) is 0 Å². The molecule has 1 saturated heterocycles. The lowest BCUT2D eigenvalue weighted by Crippen LogP contribution is -2.33. The number of thiazole rings is 1. The molecule has 2 rings (SSSR count). The van der Waals surface area contributed by atoms with Gasteiger partial charge in [0, 0.05) is 17.1 Å². The van der Waals surface area contributed by atoms with Crippen molar-refractivity contribution in [2.75, 3.05) is 5.75 Å². The number of aromatic nitrogens is 1. The van der Waals surface area contributed by atoms with Gasteiger partial charge >= 0.3 is 0 Å². The molecule has 1 aromatic rings. The molecule has 0 radical (unpaired) electrons. The summed E-state index contributed by atoms with van der Waals surface area (Å²) in [7, 11) is 0. The molecule has 2 heterocycles. The van der Waals surface area contributed by atoms with Crippen molar-refractivity contribution in [3.63, 3.8) is 0 Å². The molecule has 2 nitrogen and oxygen atoms in total. The Kier molecular flexibility index (Phi) is 2.91. The quantitative estimate of drug-likeness (QED) is 0.777. The minimum absolute atomic E-state index is 0.433. The van der Waals surface area contributed by atoms with E-state index in [9.17, 15) is 0 Å². The molecular formula is C9H14N2S2. The molecule has 0 aromatic carbocycles. The number of nitrogens with zero attached hydrogens (tertiary/aromatic N) is 1. The molecule has 13 heavy (non-hydrogen) atoms. The van der Waals surface area contributed by atoms with Crippen LogP contribution in [0, 0.1) is 6.92 Å². The molecule has 2 unspecified atom stereocenters. The van der Waals surface area contributed by atoms with E-state index in [2.05, 4.69) is 29.5 Å². The second-order valence-corrected chi connectivity index (χ2v) is 5.54. The van der Waals surface area contributed by atoms with Crippen LogP contribution in [0.5, 0.6) is 0 Å². The fraction of sp³-hybridized carbons (Fsp3) is 0.667. The lowest BCUT2D eigenvalue weighted by atomic mass is 10.2. The maximum absolute atomic E-state index is 4.50. The van der Waals surface area contributed by atoms with Gasteiger partial charge < -0.3 is 0 Å². The molecule has 1 aliphatic heterocycles. The summed E-state index contributed by atoms with van der Waals surface area (Å²) in [5.74, 6) is 1.25. The van der Waals surface area contributed by atoms with Crippen LogP contribution >= 0.6 is 23.1 Å². The van der Waals surface area contributed by atoms with Crippen LogP contribution < -0.4 is 5.32 Å². The van der Waals surface area contributed by atoms with Gasteiger partial charge in [-0.25, -0.2) is 4.98 Å². The first-order valence-corrected chi connectivity index (χ1v) is 6.48. The van der Waals surface area contributed by atoms with Gasteiger partial charge in [-0.15, -0.1) is 23.1 Å². The van der Waals surface area contributed by atoms with Gasteiger partial charge in [0.25, 0.3) is 0 Å². The third-order valence-corrected chi connectivity index (χ3v) is 4.47. The van der Waals surface area contributed by atoms with Gasteiger partial charge in [-0.1, -0.05) is 0 Å². The highest BCUT2D eigenvalue weighted by Crippen LogP contribution is 2.32. The monoisotopic (exact) mass is 214 g/mol. The summed E-state index contributed by atoms with van der Waals surface area (Å²) >= 11 is 3.73. The Bertz CT molecular complexity index is 285. The van der Waals surface area contributed by atoms with Gasteiger partial charge in [0.2, 0.25) is 0 Å². The molecule has 72 valence electrons. The smallest absolute Gasteiger partial charge is 0.120 e. The number of hydrogen-bond acceptors (Lipinski definition) is 4. The van der Waals surface area contributed by atoms with Crippen molar-refractivity contribution in [3.05, 3.63) is 16.1 Å². The summed E-state index contributed by atoms with van der Waals surface area (Å²) < 4.78 is 0. The zero-order valence-electron chi connectivity index (χ0n) is 7.91. The summed E-state index contributed by atoms with van der Waals surface area (Å²) in [5.41, 5.74) is 1.14. The molecule has 2 atom stereocenters. The average Bonchev–Trinajstić information content (AvgIpc) is 2.52. The van der Waals surface area contributed by atoms with Crippen LogP contribution in [-0.4, -0.2) is 16.8 Å². The first kappa shape index (κ1) is 9.49. The van der Waals surface area contributed by atoms with E-state index < -0.39 is 0 Å². The van der Waals surface area contributed by atoms with E-state index in [-0.39, 0.29) is 0 Å². The lowest BCUT2D eigenvalue weighted by molar-refractivity contribution is 0.510. The first-order valence-electron chi connectivity index (χ1n) is 4.55. The molecule has 0 amide bonds. The van der Waals surface area contributed by atoms with Gasteiger partial charge in [0.05, 0.1) is 0 Å². The SMILES string of the molecule is Cc1csc(C2NC(C)CCS2)n1. The van der Waals surface area contributed by atoms with Gasteiger partial charge in [0.15, 0.2) is 0 Å². The highest BCUT2D eigenvalue weighted by atomic mass is 32.2. The minimum atomic E-state index is 0.433. The van der Waals surface area contributed by atoms with E-state index in [1.54, 1.807) is 11.3 Å². The number of aryl methyl sites for hydroxylation is 1. The summed E-state index contributed by atoms with van der Waals surface area (Å²) in [6.07, 6.45) is 1.27. The van der Waals surface area contributed by atoms with Crippen LogP contribution in [0.15, 0.2) is 5.38 Å². The van der Waals surface area contributed by atoms with Gasteiger partial charge in [-0.3, -0.25) is 5.32 Å². The minimum Gasteiger partial charge on any atom is -0.297 e. The van der Waals surface area contributed by atoms with Gasteiger partial charge in [-0.05, 0) is 26.0 Å². The predicted octanol–water partition coefficient (Wildman–Crippen LogP) is 2.57. The fourth-order valence-corrected chi connectivity index (χ4v) is 3.74. The average molecular weight is 214 g/mol. The third kappa shape index (κ3) is 2.24. The largest absolute Gasteiger partial charge is 0.297 e. The second kappa shape index (κ2) is 3.98. The molecular weight excluding hydrogens is 200 g/mol. The van der Waals surface area contributed by atoms with E-state index in [4.69, 9.17) is 0 Å². The van der Waals surface area contributed by atoms with Crippen LogP contribution in [0.1, 0.15) is 29.4 Å². The van der Waals surface area contributed by atoms with Gasteiger partial charge in [0.1, 0.15) is 10.4 Å². The predicted molar refractivity (Wildman–Crippen MR) is 59.3 cm³/mol. The number of hydrogen-bond donors (Lipinski definition) is 1. The van der Waals surface area contributed by atoms with Crippen molar-refractivity contribution in [2.45, 2.75) is 31.7 Å². The summed E-state index contributed by atoms with van der Waals surface area (Å²) in [5, 5.41) is 7.34. The standard InChI is InChI=1S/C9H14N2S2/c1-6-3-4-12-8(10-6)9-11-7(2)5-13-9/h5-6,8,10H,3-4H2,1-2H3. The lowest BCUT2D eigenvalue weighted by Gasteiger charge is -2.26. The topological polar surface area (TPSA) is 24.9 Å². The van der Waals surface area contributed by atoms with Crippen LogP contribution in [0.2, 0.25) is 0 Å². The Morgan fingerprint density at radius 3 is 3.08 bits per heavy atom. The Morgan fingerprint density at radius 1 is 1.62 bits per heavy atom. The third-order valence-electron chi connectivity index (χ3n) is 2.13. The molecule has 1 N–H and O–H groups in total. The van der Waals surface area contributed by atoms with Crippen molar-refractivity contribution < 1.29 is 0 Å². The second-order valence-electron chi connectivity index (χ2n) is 3.43. The summed E-state index contributed by atoms with van der Waals surface area (Å²) in [6, 6.07) is 0.635. The maximum Gasteiger partial charge on any atom is 0.120 e. The molecule has 0 bridgehead atoms. The fourth-order valence-electron chi connectivity index (χ4n) is 1.39. The molecule has 0 aliphatic carbocycles. The Morgan fingerprint density at radius 2 is 2.46 bits per heavy atom. The summed E-state index contributed by atoms with van der Waals surface area (Å²) in [6.45, 7) is 4.30. The van der Waals surface area contributed by atoms with Crippen LogP contribution in [-0.2, 0) is 0 Å². The van der Waals surface area contributed by atoms with Crippen molar-refractivity contribution in [3.8, 4) is 0 Å². The van der Waals surface area contributed by atoms with Crippen LogP contribution in [0.25, 0.3) is 0 Å². The molecule has 4 heteroatoms. The number of rotatable bonds is 1. The van der Waals surface area contributed by atoms with Crippen molar-refractivity contribution in [1.82, 2.24) is 10.3 Å².